The average Bonchev–Trinajstić information content (AvgIpc) is 2.68. The number of hydrogen-bond acceptors (Lipinski definition) is 4. The Morgan fingerprint density at radius 1 is 1.44 bits per heavy atom. The minimum atomic E-state index is 0.105. The van der Waals surface area contributed by atoms with E-state index in [-0.39, 0.29) is 5.91 Å². The molecule has 1 aliphatic heterocycles. The second kappa shape index (κ2) is 6.64. The Balaban J connectivity index is 2.02. The van der Waals surface area contributed by atoms with Gasteiger partial charge in [0.2, 0.25) is 0 Å². The van der Waals surface area contributed by atoms with Crippen molar-refractivity contribution in [2.24, 2.45) is 0 Å². The number of nitrogens with zero attached hydrogens (tertiary/aromatic N) is 2. The van der Waals surface area contributed by atoms with Crippen molar-refractivity contribution < 1.29 is 4.79 Å². The van der Waals surface area contributed by atoms with Crippen LogP contribution in [-0.4, -0.2) is 46.9 Å². The third-order valence-electron chi connectivity index (χ3n) is 2.88. The maximum atomic E-state index is 12.3. The first-order valence-corrected chi connectivity index (χ1v) is 7.53. The van der Waals surface area contributed by atoms with Crippen molar-refractivity contribution in [2.45, 2.75) is 13.3 Å². The molecule has 1 amide bonds. The molecule has 1 saturated heterocycles. The Morgan fingerprint density at radius 3 is 3.06 bits per heavy atom. The van der Waals surface area contributed by atoms with Crippen LogP contribution in [0.3, 0.4) is 0 Å². The average molecular weight is 265 g/mol. The molecule has 4 nitrogen and oxygen atoms in total. The molecule has 1 fully saturated rings. The Hall–Kier alpha value is -1.23. The zero-order chi connectivity index (χ0) is 12.8. The highest BCUT2D eigenvalue weighted by Crippen LogP contribution is 2.13. The van der Waals surface area contributed by atoms with Gasteiger partial charge in [0, 0.05) is 31.6 Å². The number of thioether (sulfide) groups is 1. The van der Waals surface area contributed by atoms with Gasteiger partial charge >= 0.3 is 0 Å². The number of hydrogen-bond donors (Lipinski definition) is 1. The predicted octanol–water partition coefficient (Wildman–Crippen LogP) is 2.09. The van der Waals surface area contributed by atoms with Crippen molar-refractivity contribution in [1.29, 1.82) is 0 Å². The number of amides is 1. The molecule has 1 aliphatic rings. The van der Waals surface area contributed by atoms with E-state index in [2.05, 4.69) is 10.3 Å². The van der Waals surface area contributed by atoms with Gasteiger partial charge < -0.3 is 10.2 Å². The van der Waals surface area contributed by atoms with Gasteiger partial charge in [0.05, 0.1) is 5.56 Å². The SMILES string of the molecule is CCNc1ccc(C(=O)N2CCCSCC2)cn1. The van der Waals surface area contributed by atoms with Crippen LogP contribution in [0.2, 0.25) is 0 Å². The van der Waals surface area contributed by atoms with Crippen LogP contribution < -0.4 is 5.32 Å². The number of anilines is 1. The van der Waals surface area contributed by atoms with Crippen LogP contribution in [0.4, 0.5) is 5.82 Å². The third-order valence-corrected chi connectivity index (χ3v) is 3.93. The molecule has 1 aromatic heterocycles. The standard InChI is InChI=1S/C13H19N3OS/c1-2-14-12-5-4-11(10-15-12)13(17)16-6-3-8-18-9-7-16/h4-5,10H,2-3,6-9H2,1H3,(H,14,15). The number of rotatable bonds is 3. The largest absolute Gasteiger partial charge is 0.370 e. The lowest BCUT2D eigenvalue weighted by atomic mass is 10.2. The summed E-state index contributed by atoms with van der Waals surface area (Å²) in [4.78, 5) is 18.5. The molecule has 18 heavy (non-hydrogen) atoms. The van der Waals surface area contributed by atoms with Crippen molar-refractivity contribution in [2.75, 3.05) is 36.5 Å². The molecule has 2 rings (SSSR count). The molecule has 2 heterocycles. The molecule has 0 unspecified atom stereocenters. The van der Waals surface area contributed by atoms with Gasteiger partial charge in [-0.25, -0.2) is 4.98 Å². The van der Waals surface area contributed by atoms with Gasteiger partial charge in [-0.3, -0.25) is 4.79 Å². The predicted molar refractivity (Wildman–Crippen MR) is 76.2 cm³/mol. The van der Waals surface area contributed by atoms with Gasteiger partial charge in [0.25, 0.3) is 5.91 Å². The molecule has 98 valence electrons. The molecule has 5 heteroatoms. The van der Waals surface area contributed by atoms with Gasteiger partial charge in [-0.1, -0.05) is 0 Å². The summed E-state index contributed by atoms with van der Waals surface area (Å²) in [5.74, 6) is 3.12. The lowest BCUT2D eigenvalue weighted by Crippen LogP contribution is -2.33. The fourth-order valence-electron chi connectivity index (χ4n) is 1.94. The Bertz CT molecular complexity index is 386. The van der Waals surface area contributed by atoms with E-state index in [1.807, 2.05) is 35.7 Å². The first-order valence-electron chi connectivity index (χ1n) is 6.38. The van der Waals surface area contributed by atoms with Crippen LogP contribution in [0.15, 0.2) is 18.3 Å². The van der Waals surface area contributed by atoms with Crippen molar-refractivity contribution in [3.05, 3.63) is 23.9 Å². The lowest BCUT2D eigenvalue weighted by molar-refractivity contribution is 0.0768. The summed E-state index contributed by atoms with van der Waals surface area (Å²) < 4.78 is 0. The van der Waals surface area contributed by atoms with E-state index in [1.54, 1.807) is 6.20 Å². The molecule has 0 aliphatic carbocycles. The van der Waals surface area contributed by atoms with Crippen LogP contribution >= 0.6 is 11.8 Å². The van der Waals surface area contributed by atoms with E-state index in [4.69, 9.17) is 0 Å². The monoisotopic (exact) mass is 265 g/mol. The summed E-state index contributed by atoms with van der Waals surface area (Å²) >= 11 is 1.92. The summed E-state index contributed by atoms with van der Waals surface area (Å²) in [7, 11) is 0. The van der Waals surface area contributed by atoms with Crippen LogP contribution in [0.1, 0.15) is 23.7 Å². The summed E-state index contributed by atoms with van der Waals surface area (Å²) in [5, 5.41) is 3.12. The van der Waals surface area contributed by atoms with Gasteiger partial charge in [-0.15, -0.1) is 0 Å². The van der Waals surface area contributed by atoms with Crippen LogP contribution in [0.25, 0.3) is 0 Å². The maximum Gasteiger partial charge on any atom is 0.255 e. The smallest absolute Gasteiger partial charge is 0.255 e. The maximum absolute atomic E-state index is 12.3. The minimum Gasteiger partial charge on any atom is -0.370 e. The second-order valence-corrected chi connectivity index (χ2v) is 5.45. The zero-order valence-electron chi connectivity index (χ0n) is 10.7. The fraction of sp³-hybridized carbons (Fsp3) is 0.538. The molecule has 1 N–H and O–H groups in total. The fourth-order valence-corrected chi connectivity index (χ4v) is 2.82. The molecule has 0 radical (unpaired) electrons. The normalized spacial score (nSPS) is 16.2. The number of carbonyl (C=O) groups is 1. The van der Waals surface area contributed by atoms with E-state index < -0.39 is 0 Å². The zero-order valence-corrected chi connectivity index (χ0v) is 11.5. The van der Waals surface area contributed by atoms with E-state index in [9.17, 15) is 4.79 Å². The molecule has 1 aromatic rings. The van der Waals surface area contributed by atoms with Crippen LogP contribution in [0, 0.1) is 0 Å². The first kappa shape index (κ1) is 13.2. The van der Waals surface area contributed by atoms with E-state index in [0.29, 0.717) is 5.56 Å². The second-order valence-electron chi connectivity index (χ2n) is 4.22. The number of aromatic nitrogens is 1. The van der Waals surface area contributed by atoms with Crippen LogP contribution in [0.5, 0.6) is 0 Å². The minimum absolute atomic E-state index is 0.105. The van der Waals surface area contributed by atoms with Gasteiger partial charge in [0.1, 0.15) is 5.82 Å². The van der Waals surface area contributed by atoms with Gasteiger partial charge in [0.15, 0.2) is 0 Å². The Kier molecular flexibility index (Phi) is 4.87. The number of carbonyl (C=O) groups excluding carboxylic acids is 1. The van der Waals surface area contributed by atoms with E-state index in [0.717, 1.165) is 43.4 Å². The highest BCUT2D eigenvalue weighted by Gasteiger charge is 2.17. The van der Waals surface area contributed by atoms with Gasteiger partial charge in [-0.2, -0.15) is 11.8 Å². The van der Waals surface area contributed by atoms with E-state index >= 15 is 0 Å². The first-order chi connectivity index (χ1) is 8.81. The summed E-state index contributed by atoms with van der Waals surface area (Å²) in [6.45, 7) is 4.57. The van der Waals surface area contributed by atoms with Crippen molar-refractivity contribution in [1.82, 2.24) is 9.88 Å². The van der Waals surface area contributed by atoms with E-state index in [1.165, 1.54) is 0 Å². The molecule has 0 bridgehead atoms. The van der Waals surface area contributed by atoms with Crippen LogP contribution in [-0.2, 0) is 0 Å². The molecule has 0 atom stereocenters. The highest BCUT2D eigenvalue weighted by atomic mass is 32.2. The molecular weight excluding hydrogens is 246 g/mol. The lowest BCUT2D eigenvalue weighted by Gasteiger charge is -2.19. The highest BCUT2D eigenvalue weighted by molar-refractivity contribution is 7.99. The summed E-state index contributed by atoms with van der Waals surface area (Å²) in [6, 6.07) is 3.72. The van der Waals surface area contributed by atoms with Gasteiger partial charge in [-0.05, 0) is 31.2 Å². The quantitative estimate of drug-likeness (QED) is 0.909. The topological polar surface area (TPSA) is 45.2 Å². The Labute approximate surface area is 112 Å². The molecule has 0 saturated carbocycles. The summed E-state index contributed by atoms with van der Waals surface area (Å²) in [5.41, 5.74) is 0.684. The molecule has 0 aromatic carbocycles. The summed E-state index contributed by atoms with van der Waals surface area (Å²) in [6.07, 6.45) is 2.75. The van der Waals surface area contributed by atoms with Crippen molar-refractivity contribution >= 4 is 23.5 Å². The molecular formula is C13H19N3OS. The van der Waals surface area contributed by atoms with Crippen molar-refractivity contribution in [3.8, 4) is 0 Å². The number of nitrogens with one attached hydrogen (secondary N) is 1. The number of pyridine rings is 1. The molecule has 0 spiro atoms. The third kappa shape index (κ3) is 3.38. The Morgan fingerprint density at radius 2 is 2.33 bits per heavy atom. The van der Waals surface area contributed by atoms with Crippen molar-refractivity contribution in [3.63, 3.8) is 0 Å².